The number of carbonyl (C=O) groups is 2. The molecule has 2 aromatic rings. The van der Waals surface area contributed by atoms with Crippen molar-refractivity contribution in [2.24, 2.45) is 0 Å². The summed E-state index contributed by atoms with van der Waals surface area (Å²) in [7, 11) is 0. The molecule has 0 unspecified atom stereocenters. The number of carbonyl (C=O) groups excluding carboxylic acids is 2. The fourth-order valence-corrected chi connectivity index (χ4v) is 1.93. The van der Waals surface area contributed by atoms with Crippen LogP contribution in [0.15, 0.2) is 48.5 Å². The number of nitrogens with one attached hydrogen (secondary N) is 2. The van der Waals surface area contributed by atoms with Crippen LogP contribution in [0.5, 0.6) is 5.75 Å². The van der Waals surface area contributed by atoms with E-state index in [1.54, 1.807) is 12.1 Å². The Morgan fingerprint density at radius 1 is 1.04 bits per heavy atom. The van der Waals surface area contributed by atoms with E-state index in [9.17, 15) is 18.4 Å². The Kier molecular flexibility index (Phi) is 6.22. The molecule has 0 radical (unpaired) electrons. The van der Waals surface area contributed by atoms with Gasteiger partial charge in [-0.05, 0) is 49.4 Å². The smallest absolute Gasteiger partial charge is 0.269 e. The normalized spacial score (nSPS) is 10.5. The van der Waals surface area contributed by atoms with E-state index in [0.29, 0.717) is 17.9 Å². The third kappa shape index (κ3) is 5.13. The van der Waals surface area contributed by atoms with Gasteiger partial charge in [0.1, 0.15) is 17.4 Å². The molecule has 2 N–H and O–H groups in total. The van der Waals surface area contributed by atoms with Crippen LogP contribution in [0.2, 0.25) is 0 Å². The molecule has 0 heterocycles. The molecular formula is C18H16F2N2O3. The van der Waals surface area contributed by atoms with E-state index in [1.165, 1.54) is 18.2 Å². The van der Waals surface area contributed by atoms with Crippen LogP contribution in [-0.2, 0) is 4.79 Å². The molecule has 7 heteroatoms. The van der Waals surface area contributed by atoms with Gasteiger partial charge in [0.15, 0.2) is 0 Å². The maximum atomic E-state index is 13.4. The summed E-state index contributed by atoms with van der Waals surface area (Å²) in [4.78, 5) is 23.5. The Hall–Kier alpha value is -3.22. The standard InChI is InChI=1S/C18H16F2N2O3/c1-2-25-13-8-6-12(7-9-13)18(24)22-21-17(23)11-10-14-15(19)4-3-5-16(14)20/h3-11H,2H2,1H3,(H,21,23)(H,22,24)/b11-10+. The summed E-state index contributed by atoms with van der Waals surface area (Å²) in [5, 5.41) is 0. The maximum absolute atomic E-state index is 13.4. The highest BCUT2D eigenvalue weighted by atomic mass is 19.1. The third-order valence-corrected chi connectivity index (χ3v) is 3.13. The van der Waals surface area contributed by atoms with Gasteiger partial charge in [-0.15, -0.1) is 0 Å². The zero-order valence-electron chi connectivity index (χ0n) is 13.4. The lowest BCUT2D eigenvalue weighted by Crippen LogP contribution is -2.40. The molecule has 0 atom stereocenters. The van der Waals surface area contributed by atoms with Crippen LogP contribution in [0.25, 0.3) is 6.08 Å². The van der Waals surface area contributed by atoms with Crippen molar-refractivity contribution in [2.75, 3.05) is 6.61 Å². The summed E-state index contributed by atoms with van der Waals surface area (Å²) in [6.45, 7) is 2.35. The SMILES string of the molecule is CCOc1ccc(C(=O)NNC(=O)/C=C/c2c(F)cccc2F)cc1. The lowest BCUT2D eigenvalue weighted by molar-refractivity contribution is -0.117. The molecule has 0 aliphatic heterocycles. The van der Waals surface area contributed by atoms with Crippen molar-refractivity contribution < 1.29 is 23.1 Å². The number of hydrogen-bond acceptors (Lipinski definition) is 3. The fraction of sp³-hybridized carbons (Fsp3) is 0.111. The molecule has 0 saturated carbocycles. The van der Waals surface area contributed by atoms with Crippen LogP contribution in [0.4, 0.5) is 8.78 Å². The predicted octanol–water partition coefficient (Wildman–Crippen LogP) is 2.84. The first-order valence-electron chi connectivity index (χ1n) is 7.46. The van der Waals surface area contributed by atoms with Crippen molar-refractivity contribution in [3.05, 3.63) is 71.3 Å². The van der Waals surface area contributed by atoms with Crippen LogP contribution in [0.3, 0.4) is 0 Å². The Morgan fingerprint density at radius 3 is 2.28 bits per heavy atom. The maximum Gasteiger partial charge on any atom is 0.269 e. The van der Waals surface area contributed by atoms with E-state index in [2.05, 4.69) is 10.9 Å². The molecule has 0 aliphatic carbocycles. The molecule has 0 bridgehead atoms. The zero-order chi connectivity index (χ0) is 18.2. The summed E-state index contributed by atoms with van der Waals surface area (Å²) in [5.41, 5.74) is 4.30. The number of hydrogen-bond donors (Lipinski definition) is 2. The lowest BCUT2D eigenvalue weighted by Gasteiger charge is -2.07. The van der Waals surface area contributed by atoms with Crippen molar-refractivity contribution in [1.82, 2.24) is 10.9 Å². The summed E-state index contributed by atoms with van der Waals surface area (Å²) in [6.07, 6.45) is 1.91. The van der Waals surface area contributed by atoms with Gasteiger partial charge >= 0.3 is 0 Å². The minimum Gasteiger partial charge on any atom is -0.494 e. The van der Waals surface area contributed by atoms with Gasteiger partial charge < -0.3 is 4.74 Å². The van der Waals surface area contributed by atoms with Gasteiger partial charge in [0.05, 0.1) is 6.61 Å². The highest BCUT2D eigenvalue weighted by molar-refractivity contribution is 5.98. The monoisotopic (exact) mass is 346 g/mol. The molecule has 25 heavy (non-hydrogen) atoms. The average molecular weight is 346 g/mol. The second-order valence-corrected chi connectivity index (χ2v) is 4.87. The summed E-state index contributed by atoms with van der Waals surface area (Å²) >= 11 is 0. The zero-order valence-corrected chi connectivity index (χ0v) is 13.4. The highest BCUT2D eigenvalue weighted by Gasteiger charge is 2.08. The van der Waals surface area contributed by atoms with Crippen LogP contribution >= 0.6 is 0 Å². The fourth-order valence-electron chi connectivity index (χ4n) is 1.93. The second kappa shape index (κ2) is 8.58. The van der Waals surface area contributed by atoms with E-state index in [0.717, 1.165) is 24.3 Å². The first-order valence-corrected chi connectivity index (χ1v) is 7.46. The second-order valence-electron chi connectivity index (χ2n) is 4.87. The quantitative estimate of drug-likeness (QED) is 0.646. The van der Waals surface area contributed by atoms with Crippen molar-refractivity contribution >= 4 is 17.9 Å². The molecule has 0 spiro atoms. The first-order chi connectivity index (χ1) is 12.0. The van der Waals surface area contributed by atoms with E-state index >= 15 is 0 Å². The van der Waals surface area contributed by atoms with Gasteiger partial charge in [-0.2, -0.15) is 0 Å². The van der Waals surface area contributed by atoms with Gasteiger partial charge in [0, 0.05) is 17.2 Å². The number of benzene rings is 2. The van der Waals surface area contributed by atoms with Crippen molar-refractivity contribution in [2.45, 2.75) is 6.92 Å². The molecule has 130 valence electrons. The van der Waals surface area contributed by atoms with Gasteiger partial charge in [0.2, 0.25) is 0 Å². The predicted molar refractivity (Wildman–Crippen MR) is 88.6 cm³/mol. The Bertz CT molecular complexity index is 769. The van der Waals surface area contributed by atoms with Crippen molar-refractivity contribution in [3.63, 3.8) is 0 Å². The van der Waals surface area contributed by atoms with E-state index in [-0.39, 0.29) is 5.56 Å². The molecule has 0 saturated heterocycles. The van der Waals surface area contributed by atoms with Crippen LogP contribution < -0.4 is 15.6 Å². The average Bonchev–Trinajstić information content (AvgIpc) is 2.60. The molecule has 0 aliphatic rings. The van der Waals surface area contributed by atoms with E-state index in [1.807, 2.05) is 6.92 Å². The summed E-state index contributed by atoms with van der Waals surface area (Å²) < 4.78 is 32.1. The van der Waals surface area contributed by atoms with E-state index in [4.69, 9.17) is 4.74 Å². The molecule has 2 amide bonds. The Morgan fingerprint density at radius 2 is 1.68 bits per heavy atom. The molecule has 0 aromatic heterocycles. The number of ether oxygens (including phenoxy) is 1. The first kappa shape index (κ1) is 18.1. The van der Waals surface area contributed by atoms with Crippen molar-refractivity contribution in [1.29, 1.82) is 0 Å². The number of hydrazine groups is 1. The van der Waals surface area contributed by atoms with Crippen LogP contribution in [0, 0.1) is 11.6 Å². The lowest BCUT2D eigenvalue weighted by atomic mass is 10.2. The number of amides is 2. The Balaban J connectivity index is 1.91. The highest BCUT2D eigenvalue weighted by Crippen LogP contribution is 2.13. The third-order valence-electron chi connectivity index (χ3n) is 3.13. The van der Waals surface area contributed by atoms with E-state index < -0.39 is 23.4 Å². The van der Waals surface area contributed by atoms with Crippen molar-refractivity contribution in [3.8, 4) is 5.75 Å². The molecular weight excluding hydrogens is 330 g/mol. The number of halogens is 2. The van der Waals surface area contributed by atoms with Crippen LogP contribution in [0.1, 0.15) is 22.8 Å². The number of rotatable bonds is 5. The van der Waals surface area contributed by atoms with Gasteiger partial charge in [-0.1, -0.05) is 6.07 Å². The van der Waals surface area contributed by atoms with Gasteiger partial charge in [-0.3, -0.25) is 20.4 Å². The molecule has 0 fully saturated rings. The Labute approximate surface area is 143 Å². The van der Waals surface area contributed by atoms with Crippen LogP contribution in [-0.4, -0.2) is 18.4 Å². The summed E-state index contributed by atoms with van der Waals surface area (Å²) in [6, 6.07) is 9.71. The minimum absolute atomic E-state index is 0.313. The molecule has 2 aromatic carbocycles. The minimum atomic E-state index is -0.789. The van der Waals surface area contributed by atoms with Gasteiger partial charge in [-0.25, -0.2) is 8.78 Å². The molecule has 5 nitrogen and oxygen atoms in total. The molecule has 2 rings (SSSR count). The summed E-state index contributed by atoms with van der Waals surface area (Å²) in [5.74, 6) is -2.23. The topological polar surface area (TPSA) is 67.4 Å². The largest absolute Gasteiger partial charge is 0.494 e. The van der Waals surface area contributed by atoms with Gasteiger partial charge in [0.25, 0.3) is 11.8 Å².